The van der Waals surface area contributed by atoms with Gasteiger partial charge in [-0.2, -0.15) is 0 Å². The summed E-state index contributed by atoms with van der Waals surface area (Å²) in [5.41, 5.74) is 5.04. The number of amides is 2. The molecule has 2 aromatic rings. The maximum absolute atomic E-state index is 15.3. The van der Waals surface area contributed by atoms with E-state index in [4.69, 9.17) is 0 Å². The molecule has 3 aliphatic rings. The molecule has 2 fully saturated rings. The molecule has 5 rings (SSSR count). The summed E-state index contributed by atoms with van der Waals surface area (Å²) >= 11 is 0. The van der Waals surface area contributed by atoms with Crippen molar-refractivity contribution >= 4 is 17.5 Å². The quantitative estimate of drug-likeness (QED) is 0.588. The highest BCUT2D eigenvalue weighted by Crippen LogP contribution is 2.41. The number of hydrogen-bond acceptors (Lipinski definition) is 5. The summed E-state index contributed by atoms with van der Waals surface area (Å²) in [6.45, 7) is 2.70. The van der Waals surface area contributed by atoms with Crippen LogP contribution in [0.5, 0.6) is 0 Å². The van der Waals surface area contributed by atoms with Gasteiger partial charge in [-0.15, -0.1) is 0 Å². The SMILES string of the molecule is O=C1CCC(Nc2ccc(C3CCN(Cc4cccc5c4CCNC5)CC3(F)F)cc2)C(=O)N1. The summed E-state index contributed by atoms with van der Waals surface area (Å²) in [7, 11) is 0. The molecule has 0 saturated carbocycles. The average molecular weight is 469 g/mol. The second-order valence-corrected chi connectivity index (χ2v) is 9.56. The number of fused-ring (bicyclic) bond motifs is 1. The molecule has 0 aliphatic carbocycles. The molecular formula is C26H30F2N4O2. The number of rotatable bonds is 5. The number of nitrogens with zero attached hydrogens (tertiary/aromatic N) is 1. The van der Waals surface area contributed by atoms with Crippen molar-refractivity contribution in [2.24, 2.45) is 0 Å². The Bertz CT molecular complexity index is 1070. The fourth-order valence-electron chi connectivity index (χ4n) is 5.40. The lowest BCUT2D eigenvalue weighted by Gasteiger charge is -2.39. The van der Waals surface area contributed by atoms with Crippen LogP contribution in [0.2, 0.25) is 0 Å². The zero-order valence-corrected chi connectivity index (χ0v) is 19.1. The van der Waals surface area contributed by atoms with Crippen LogP contribution in [0.1, 0.15) is 47.4 Å². The maximum Gasteiger partial charge on any atom is 0.267 e. The summed E-state index contributed by atoms with van der Waals surface area (Å²) in [6, 6.07) is 12.7. The van der Waals surface area contributed by atoms with Crippen LogP contribution in [0.4, 0.5) is 14.5 Å². The number of nitrogens with one attached hydrogen (secondary N) is 3. The van der Waals surface area contributed by atoms with E-state index < -0.39 is 17.9 Å². The van der Waals surface area contributed by atoms with Gasteiger partial charge >= 0.3 is 0 Å². The molecule has 2 amide bonds. The molecule has 0 radical (unpaired) electrons. The smallest absolute Gasteiger partial charge is 0.267 e. The number of halogens is 2. The van der Waals surface area contributed by atoms with E-state index in [9.17, 15) is 9.59 Å². The Morgan fingerprint density at radius 2 is 1.88 bits per heavy atom. The van der Waals surface area contributed by atoms with Crippen LogP contribution in [0.3, 0.4) is 0 Å². The van der Waals surface area contributed by atoms with Crippen molar-refractivity contribution in [1.82, 2.24) is 15.5 Å². The Morgan fingerprint density at radius 3 is 2.65 bits per heavy atom. The van der Waals surface area contributed by atoms with Crippen molar-refractivity contribution < 1.29 is 18.4 Å². The van der Waals surface area contributed by atoms with Crippen molar-refractivity contribution in [3.8, 4) is 0 Å². The summed E-state index contributed by atoms with van der Waals surface area (Å²) in [4.78, 5) is 25.1. The topological polar surface area (TPSA) is 73.5 Å². The van der Waals surface area contributed by atoms with Gasteiger partial charge in [-0.1, -0.05) is 30.3 Å². The van der Waals surface area contributed by atoms with Crippen LogP contribution in [-0.2, 0) is 29.1 Å². The van der Waals surface area contributed by atoms with Gasteiger partial charge in [-0.05, 0) is 66.7 Å². The molecule has 2 saturated heterocycles. The highest BCUT2D eigenvalue weighted by Gasteiger charge is 2.45. The van der Waals surface area contributed by atoms with Gasteiger partial charge in [0.1, 0.15) is 6.04 Å². The third-order valence-corrected chi connectivity index (χ3v) is 7.20. The number of carbonyl (C=O) groups is 2. The molecule has 180 valence electrons. The van der Waals surface area contributed by atoms with Gasteiger partial charge in [-0.3, -0.25) is 19.8 Å². The molecule has 8 heteroatoms. The van der Waals surface area contributed by atoms with E-state index in [-0.39, 0.29) is 24.8 Å². The lowest BCUT2D eigenvalue weighted by Crippen LogP contribution is -2.47. The predicted octanol–water partition coefficient (Wildman–Crippen LogP) is 3.17. The third kappa shape index (κ3) is 4.83. The molecule has 3 N–H and O–H groups in total. The van der Waals surface area contributed by atoms with E-state index in [0.29, 0.717) is 37.2 Å². The van der Waals surface area contributed by atoms with Crippen LogP contribution in [0.15, 0.2) is 42.5 Å². The Balaban J connectivity index is 1.22. The van der Waals surface area contributed by atoms with Gasteiger partial charge < -0.3 is 10.6 Å². The monoisotopic (exact) mass is 468 g/mol. The first-order chi connectivity index (χ1) is 16.4. The van der Waals surface area contributed by atoms with Gasteiger partial charge in [0.05, 0.1) is 12.5 Å². The number of alkyl halides is 2. The fraction of sp³-hybridized carbons (Fsp3) is 0.462. The van der Waals surface area contributed by atoms with Gasteiger partial charge in [0, 0.05) is 25.2 Å². The predicted molar refractivity (Wildman–Crippen MR) is 126 cm³/mol. The number of likely N-dealkylation sites (tertiary alicyclic amines) is 1. The molecule has 0 spiro atoms. The molecule has 3 heterocycles. The standard InChI is InChI=1S/C26H30F2N4O2/c27-26(28)16-32(15-19-3-1-2-18-14-29-12-10-21(18)19)13-11-22(26)17-4-6-20(7-5-17)30-23-8-9-24(33)31-25(23)34/h1-7,22-23,29-30H,8-16H2,(H,31,33,34). The number of piperidine rings is 2. The minimum atomic E-state index is -2.83. The average Bonchev–Trinajstić information content (AvgIpc) is 2.81. The van der Waals surface area contributed by atoms with E-state index >= 15 is 8.78 Å². The van der Waals surface area contributed by atoms with E-state index in [1.807, 2.05) is 11.0 Å². The Labute approximate surface area is 198 Å². The minimum Gasteiger partial charge on any atom is -0.374 e. The van der Waals surface area contributed by atoms with Crippen LogP contribution >= 0.6 is 0 Å². The molecule has 0 aromatic heterocycles. The number of benzene rings is 2. The molecule has 0 bridgehead atoms. The Hall–Kier alpha value is -2.84. The summed E-state index contributed by atoms with van der Waals surface area (Å²) < 4.78 is 30.5. The zero-order chi connectivity index (χ0) is 23.7. The number of anilines is 1. The van der Waals surface area contributed by atoms with E-state index in [0.717, 1.165) is 25.1 Å². The van der Waals surface area contributed by atoms with Crippen molar-refractivity contribution in [3.05, 3.63) is 64.7 Å². The normalized spacial score (nSPS) is 24.9. The summed E-state index contributed by atoms with van der Waals surface area (Å²) in [5.74, 6) is -4.28. The molecule has 2 unspecified atom stereocenters. The summed E-state index contributed by atoms with van der Waals surface area (Å²) in [6.07, 6.45) is 2.04. The van der Waals surface area contributed by atoms with Gasteiger partial charge in [0.2, 0.25) is 11.8 Å². The van der Waals surface area contributed by atoms with E-state index in [1.54, 1.807) is 24.3 Å². The van der Waals surface area contributed by atoms with Crippen molar-refractivity contribution in [2.45, 2.75) is 56.7 Å². The largest absolute Gasteiger partial charge is 0.374 e. The van der Waals surface area contributed by atoms with E-state index in [2.05, 4.69) is 28.1 Å². The van der Waals surface area contributed by atoms with Gasteiger partial charge in [-0.25, -0.2) is 8.78 Å². The number of carbonyl (C=O) groups excluding carboxylic acids is 2. The fourth-order valence-corrected chi connectivity index (χ4v) is 5.40. The van der Waals surface area contributed by atoms with Crippen molar-refractivity contribution in [3.63, 3.8) is 0 Å². The summed E-state index contributed by atoms with van der Waals surface area (Å²) in [5, 5.41) is 8.78. The molecule has 34 heavy (non-hydrogen) atoms. The zero-order valence-electron chi connectivity index (χ0n) is 19.1. The first-order valence-electron chi connectivity index (χ1n) is 12.0. The second kappa shape index (κ2) is 9.43. The maximum atomic E-state index is 15.3. The van der Waals surface area contributed by atoms with Crippen LogP contribution in [0.25, 0.3) is 0 Å². The van der Waals surface area contributed by atoms with E-state index in [1.165, 1.54) is 11.1 Å². The van der Waals surface area contributed by atoms with Crippen LogP contribution < -0.4 is 16.0 Å². The van der Waals surface area contributed by atoms with Crippen molar-refractivity contribution in [1.29, 1.82) is 0 Å². The molecular weight excluding hydrogens is 438 g/mol. The lowest BCUT2D eigenvalue weighted by molar-refractivity contribution is -0.133. The first kappa shape index (κ1) is 22.9. The molecule has 6 nitrogen and oxygen atoms in total. The number of imide groups is 1. The first-order valence-corrected chi connectivity index (χ1v) is 12.0. The third-order valence-electron chi connectivity index (χ3n) is 7.20. The highest BCUT2D eigenvalue weighted by atomic mass is 19.3. The molecule has 3 aliphatic heterocycles. The highest BCUT2D eigenvalue weighted by molar-refractivity contribution is 6.01. The molecule has 2 atom stereocenters. The molecule has 2 aromatic carbocycles. The van der Waals surface area contributed by atoms with Crippen molar-refractivity contribution in [2.75, 3.05) is 25.0 Å². The van der Waals surface area contributed by atoms with Gasteiger partial charge in [0.15, 0.2) is 0 Å². The minimum absolute atomic E-state index is 0.254. The van der Waals surface area contributed by atoms with Gasteiger partial charge in [0.25, 0.3) is 5.92 Å². The Morgan fingerprint density at radius 1 is 1.06 bits per heavy atom. The van der Waals surface area contributed by atoms with Crippen LogP contribution in [0, 0.1) is 0 Å². The van der Waals surface area contributed by atoms with Crippen LogP contribution in [-0.4, -0.2) is 48.3 Å². The lowest BCUT2D eigenvalue weighted by atomic mass is 9.85. The number of hydrogen-bond donors (Lipinski definition) is 3. The Kier molecular flexibility index (Phi) is 6.36. The second-order valence-electron chi connectivity index (χ2n) is 9.56.